The summed E-state index contributed by atoms with van der Waals surface area (Å²) in [6.07, 6.45) is 1.54. The van der Waals surface area contributed by atoms with Crippen molar-refractivity contribution in [1.29, 1.82) is 0 Å². The third kappa shape index (κ3) is 5.49. The molecule has 0 bridgehead atoms. The lowest BCUT2D eigenvalue weighted by Crippen LogP contribution is -2.42. The predicted molar refractivity (Wildman–Crippen MR) is 99.7 cm³/mol. The lowest BCUT2D eigenvalue weighted by Gasteiger charge is -2.35. The molecule has 6 heteroatoms. The average molecular weight is 354 g/mol. The molecule has 0 spiro atoms. The fourth-order valence-corrected chi connectivity index (χ4v) is 3.23. The third-order valence-electron chi connectivity index (χ3n) is 4.19. The Hall–Kier alpha value is -1.59. The molecule has 1 saturated heterocycles. The van der Waals surface area contributed by atoms with E-state index in [0.717, 1.165) is 19.5 Å². The van der Waals surface area contributed by atoms with E-state index in [9.17, 15) is 9.59 Å². The maximum Gasteiger partial charge on any atom is 0.255 e. The van der Waals surface area contributed by atoms with E-state index in [-0.39, 0.29) is 24.2 Å². The monoisotopic (exact) mass is 353 g/mol. The largest absolute Gasteiger partial charge is 0.338 e. The van der Waals surface area contributed by atoms with Gasteiger partial charge in [-0.1, -0.05) is 26.0 Å². The molecule has 0 aromatic heterocycles. The summed E-state index contributed by atoms with van der Waals surface area (Å²) in [6.45, 7) is 6.54. The molecule has 2 atom stereocenters. The van der Waals surface area contributed by atoms with Gasteiger partial charge >= 0.3 is 0 Å². The van der Waals surface area contributed by atoms with Crippen molar-refractivity contribution in [3.63, 3.8) is 0 Å². The molecule has 1 fully saturated rings. The summed E-state index contributed by atoms with van der Waals surface area (Å²) in [5, 5.41) is 5.81. The molecule has 1 aromatic rings. The molecule has 1 aromatic carbocycles. The van der Waals surface area contributed by atoms with Crippen molar-refractivity contribution in [1.82, 2.24) is 10.2 Å². The normalized spacial score (nSPS) is 20.2. The van der Waals surface area contributed by atoms with Gasteiger partial charge in [0.25, 0.3) is 5.91 Å². The zero-order valence-corrected chi connectivity index (χ0v) is 15.5. The first-order valence-electron chi connectivity index (χ1n) is 8.34. The van der Waals surface area contributed by atoms with Crippen LogP contribution in [0.25, 0.3) is 0 Å². The van der Waals surface area contributed by atoms with Crippen LogP contribution in [-0.2, 0) is 4.79 Å². The minimum Gasteiger partial charge on any atom is -0.338 e. The van der Waals surface area contributed by atoms with Crippen LogP contribution >= 0.6 is 12.4 Å². The van der Waals surface area contributed by atoms with Gasteiger partial charge in [0.05, 0.1) is 11.3 Å². The molecule has 134 valence electrons. The molecule has 0 aliphatic carbocycles. The SMILES string of the molecule is CNCCC(=O)Nc1ccccc1C(=O)N1CC(C)CC(C)C1.Cl. The number of likely N-dealkylation sites (tertiary alicyclic amines) is 1. The Morgan fingerprint density at radius 3 is 2.42 bits per heavy atom. The lowest BCUT2D eigenvalue weighted by molar-refractivity contribution is -0.116. The summed E-state index contributed by atoms with van der Waals surface area (Å²) < 4.78 is 0. The smallest absolute Gasteiger partial charge is 0.255 e. The van der Waals surface area contributed by atoms with E-state index >= 15 is 0 Å². The molecule has 1 heterocycles. The number of rotatable bonds is 5. The maximum absolute atomic E-state index is 12.9. The molecule has 2 rings (SSSR count). The standard InChI is InChI=1S/C18H27N3O2.ClH/c1-13-10-14(2)12-21(11-13)18(23)15-6-4-5-7-16(15)20-17(22)8-9-19-3;/h4-7,13-14,19H,8-12H2,1-3H3,(H,20,22);1H. The van der Waals surface area contributed by atoms with Crippen LogP contribution in [0.1, 0.15) is 37.0 Å². The van der Waals surface area contributed by atoms with Gasteiger partial charge in [0, 0.05) is 26.1 Å². The van der Waals surface area contributed by atoms with Crippen LogP contribution in [0, 0.1) is 11.8 Å². The maximum atomic E-state index is 12.9. The molecular weight excluding hydrogens is 326 g/mol. The fraction of sp³-hybridized carbons (Fsp3) is 0.556. The van der Waals surface area contributed by atoms with Gasteiger partial charge in [-0.3, -0.25) is 9.59 Å². The van der Waals surface area contributed by atoms with Gasteiger partial charge < -0.3 is 15.5 Å². The van der Waals surface area contributed by atoms with Crippen LogP contribution in [0.3, 0.4) is 0 Å². The molecule has 2 amide bonds. The van der Waals surface area contributed by atoms with E-state index in [1.807, 2.05) is 24.1 Å². The highest BCUT2D eigenvalue weighted by molar-refractivity contribution is 6.03. The van der Waals surface area contributed by atoms with Crippen LogP contribution in [0.4, 0.5) is 5.69 Å². The van der Waals surface area contributed by atoms with Gasteiger partial charge in [-0.2, -0.15) is 0 Å². The number of halogens is 1. The number of piperidine rings is 1. The molecule has 1 aliphatic rings. The Morgan fingerprint density at radius 2 is 1.79 bits per heavy atom. The van der Waals surface area contributed by atoms with Gasteiger partial charge in [0.2, 0.25) is 5.91 Å². The summed E-state index contributed by atoms with van der Waals surface area (Å²) in [6, 6.07) is 7.26. The van der Waals surface area contributed by atoms with Gasteiger partial charge in [-0.15, -0.1) is 12.4 Å². The van der Waals surface area contributed by atoms with Crippen LogP contribution in [0.2, 0.25) is 0 Å². The van der Waals surface area contributed by atoms with Gasteiger partial charge in [0.15, 0.2) is 0 Å². The quantitative estimate of drug-likeness (QED) is 0.855. The number of hydrogen-bond acceptors (Lipinski definition) is 3. The highest BCUT2D eigenvalue weighted by atomic mass is 35.5. The van der Waals surface area contributed by atoms with Crippen LogP contribution in [0.15, 0.2) is 24.3 Å². The lowest BCUT2D eigenvalue weighted by atomic mass is 9.91. The number of anilines is 1. The number of benzene rings is 1. The second-order valence-electron chi connectivity index (χ2n) is 6.60. The highest BCUT2D eigenvalue weighted by Gasteiger charge is 2.27. The topological polar surface area (TPSA) is 61.4 Å². The molecule has 2 unspecified atom stereocenters. The van der Waals surface area contributed by atoms with Gasteiger partial charge in [-0.25, -0.2) is 0 Å². The Morgan fingerprint density at radius 1 is 1.17 bits per heavy atom. The van der Waals surface area contributed by atoms with Crippen molar-refractivity contribution >= 4 is 29.9 Å². The minimum absolute atomic E-state index is 0. The summed E-state index contributed by atoms with van der Waals surface area (Å²) in [5.74, 6) is 0.952. The summed E-state index contributed by atoms with van der Waals surface area (Å²) in [5.41, 5.74) is 1.18. The van der Waals surface area contributed by atoms with E-state index in [4.69, 9.17) is 0 Å². The van der Waals surface area contributed by atoms with Crippen molar-refractivity contribution in [3.05, 3.63) is 29.8 Å². The highest BCUT2D eigenvalue weighted by Crippen LogP contribution is 2.25. The number of carbonyl (C=O) groups is 2. The van der Waals surface area contributed by atoms with E-state index in [0.29, 0.717) is 36.1 Å². The van der Waals surface area contributed by atoms with Crippen molar-refractivity contribution < 1.29 is 9.59 Å². The number of hydrogen-bond donors (Lipinski definition) is 2. The number of para-hydroxylation sites is 1. The van der Waals surface area contributed by atoms with E-state index in [1.54, 1.807) is 12.1 Å². The predicted octanol–water partition coefficient (Wildman–Crippen LogP) is 2.77. The van der Waals surface area contributed by atoms with Gasteiger partial charge in [0.1, 0.15) is 0 Å². The molecule has 5 nitrogen and oxygen atoms in total. The van der Waals surface area contributed by atoms with Crippen molar-refractivity contribution in [2.75, 3.05) is 32.0 Å². The fourth-order valence-electron chi connectivity index (χ4n) is 3.23. The molecule has 24 heavy (non-hydrogen) atoms. The minimum atomic E-state index is -0.0834. The van der Waals surface area contributed by atoms with Crippen molar-refractivity contribution in [2.24, 2.45) is 11.8 Å². The third-order valence-corrected chi connectivity index (χ3v) is 4.19. The Balaban J connectivity index is 0.00000288. The Bertz CT molecular complexity index is 555. The van der Waals surface area contributed by atoms with Gasteiger partial charge in [-0.05, 0) is 37.4 Å². The Kier molecular flexibility index (Phi) is 8.22. The Labute approximate surface area is 150 Å². The van der Waals surface area contributed by atoms with Crippen LogP contribution in [0.5, 0.6) is 0 Å². The van der Waals surface area contributed by atoms with Crippen LogP contribution in [-0.4, -0.2) is 43.4 Å². The summed E-state index contributed by atoms with van der Waals surface area (Å²) >= 11 is 0. The molecule has 2 N–H and O–H groups in total. The second-order valence-corrected chi connectivity index (χ2v) is 6.60. The first-order chi connectivity index (χ1) is 11.0. The zero-order chi connectivity index (χ0) is 16.8. The second kappa shape index (κ2) is 9.64. The molecule has 0 radical (unpaired) electrons. The number of carbonyl (C=O) groups excluding carboxylic acids is 2. The average Bonchev–Trinajstić information content (AvgIpc) is 2.52. The van der Waals surface area contributed by atoms with E-state index < -0.39 is 0 Å². The number of nitrogens with zero attached hydrogens (tertiary/aromatic N) is 1. The first kappa shape index (κ1) is 20.5. The summed E-state index contributed by atoms with van der Waals surface area (Å²) in [4.78, 5) is 26.7. The van der Waals surface area contributed by atoms with E-state index in [1.165, 1.54) is 0 Å². The van der Waals surface area contributed by atoms with Crippen molar-refractivity contribution in [3.8, 4) is 0 Å². The van der Waals surface area contributed by atoms with E-state index in [2.05, 4.69) is 24.5 Å². The molecule has 0 saturated carbocycles. The zero-order valence-electron chi connectivity index (χ0n) is 14.7. The summed E-state index contributed by atoms with van der Waals surface area (Å²) in [7, 11) is 1.81. The van der Waals surface area contributed by atoms with Crippen molar-refractivity contribution in [2.45, 2.75) is 26.7 Å². The molecule has 1 aliphatic heterocycles. The molecular formula is C18H28ClN3O2. The number of nitrogens with one attached hydrogen (secondary N) is 2. The number of amides is 2. The van der Waals surface area contributed by atoms with Crippen LogP contribution < -0.4 is 10.6 Å². The first-order valence-corrected chi connectivity index (χ1v) is 8.34.